The van der Waals surface area contributed by atoms with Gasteiger partial charge in [0.15, 0.2) is 0 Å². The van der Waals surface area contributed by atoms with Crippen molar-refractivity contribution in [2.45, 2.75) is 19.6 Å². The first-order chi connectivity index (χ1) is 10.2. The Morgan fingerprint density at radius 3 is 2.33 bits per heavy atom. The molecule has 4 nitrogen and oxygen atoms in total. The van der Waals surface area contributed by atoms with Gasteiger partial charge in [-0.3, -0.25) is 4.79 Å². The minimum absolute atomic E-state index is 0.0393. The number of para-hydroxylation sites is 1. The van der Waals surface area contributed by atoms with Crippen LogP contribution >= 0.6 is 0 Å². The Kier molecular flexibility index (Phi) is 5.35. The summed E-state index contributed by atoms with van der Waals surface area (Å²) in [5, 5.41) is 12.3. The molecular formula is C17H19NO3. The topological polar surface area (TPSA) is 58.6 Å². The molecule has 0 spiro atoms. The zero-order valence-corrected chi connectivity index (χ0v) is 12.0. The molecule has 0 amide bonds. The van der Waals surface area contributed by atoms with E-state index in [2.05, 4.69) is 5.32 Å². The Morgan fingerprint density at radius 1 is 1.05 bits per heavy atom. The van der Waals surface area contributed by atoms with E-state index < -0.39 is 5.97 Å². The molecule has 4 heteroatoms. The quantitative estimate of drug-likeness (QED) is 0.821. The van der Waals surface area contributed by atoms with E-state index in [1.165, 1.54) is 0 Å². The summed E-state index contributed by atoms with van der Waals surface area (Å²) in [5.41, 5.74) is 3.91. The van der Waals surface area contributed by atoms with Crippen molar-refractivity contribution < 1.29 is 14.6 Å². The zero-order chi connectivity index (χ0) is 15.1. The molecule has 2 aromatic carbocycles. The standard InChI is InChI=1S/C17H19NO3/c1-21-12-15-8-4-5-9-16(15)18-11-14-7-3-2-6-13(14)10-17(19)20/h2-9,18H,10-12H2,1H3,(H,19,20). The van der Waals surface area contributed by atoms with Crippen LogP contribution in [0.4, 0.5) is 5.69 Å². The molecule has 21 heavy (non-hydrogen) atoms. The average molecular weight is 285 g/mol. The fourth-order valence-corrected chi connectivity index (χ4v) is 2.23. The summed E-state index contributed by atoms with van der Waals surface area (Å²) in [6, 6.07) is 15.5. The molecule has 2 N–H and O–H groups in total. The Balaban J connectivity index is 2.11. The Bertz CT molecular complexity index is 610. The van der Waals surface area contributed by atoms with Crippen LogP contribution in [0.1, 0.15) is 16.7 Å². The molecule has 0 fully saturated rings. The third kappa shape index (κ3) is 4.33. The maximum Gasteiger partial charge on any atom is 0.307 e. The van der Waals surface area contributed by atoms with Crippen LogP contribution in [0.25, 0.3) is 0 Å². The maximum absolute atomic E-state index is 10.9. The molecular weight excluding hydrogens is 266 g/mol. The van der Waals surface area contributed by atoms with Crippen LogP contribution in [0.3, 0.4) is 0 Å². The number of carboxylic acid groups (broad SMARTS) is 1. The van der Waals surface area contributed by atoms with E-state index in [0.29, 0.717) is 13.2 Å². The Hall–Kier alpha value is -2.33. The van der Waals surface area contributed by atoms with Crippen molar-refractivity contribution in [3.8, 4) is 0 Å². The van der Waals surface area contributed by atoms with Gasteiger partial charge in [0, 0.05) is 24.9 Å². The highest BCUT2D eigenvalue weighted by atomic mass is 16.5. The fourth-order valence-electron chi connectivity index (χ4n) is 2.23. The van der Waals surface area contributed by atoms with Crippen LogP contribution in [-0.2, 0) is 29.1 Å². The first-order valence-corrected chi connectivity index (χ1v) is 6.80. The number of ether oxygens (including phenoxy) is 1. The lowest BCUT2D eigenvalue weighted by atomic mass is 10.0. The SMILES string of the molecule is COCc1ccccc1NCc1ccccc1CC(=O)O. The molecule has 0 atom stereocenters. The molecule has 0 bridgehead atoms. The number of nitrogens with one attached hydrogen (secondary N) is 1. The molecule has 0 unspecified atom stereocenters. The van der Waals surface area contributed by atoms with E-state index in [9.17, 15) is 4.79 Å². The molecule has 2 aromatic rings. The molecule has 0 radical (unpaired) electrons. The van der Waals surface area contributed by atoms with Crippen molar-refractivity contribution in [1.82, 2.24) is 0 Å². The van der Waals surface area contributed by atoms with Gasteiger partial charge in [-0.25, -0.2) is 0 Å². The van der Waals surface area contributed by atoms with Crippen molar-refractivity contribution in [2.24, 2.45) is 0 Å². The second-order valence-electron chi connectivity index (χ2n) is 4.78. The normalized spacial score (nSPS) is 10.3. The predicted octanol–water partition coefficient (Wildman–Crippen LogP) is 3.07. The molecule has 0 aromatic heterocycles. The largest absolute Gasteiger partial charge is 0.481 e. The fraction of sp³-hybridized carbons (Fsp3) is 0.235. The summed E-state index contributed by atoms with van der Waals surface area (Å²) in [5.74, 6) is -0.817. The van der Waals surface area contributed by atoms with Gasteiger partial charge in [-0.15, -0.1) is 0 Å². The number of aliphatic carboxylic acids is 1. The van der Waals surface area contributed by atoms with E-state index in [4.69, 9.17) is 9.84 Å². The summed E-state index contributed by atoms with van der Waals surface area (Å²) in [7, 11) is 1.67. The zero-order valence-electron chi connectivity index (χ0n) is 12.0. The maximum atomic E-state index is 10.9. The van der Waals surface area contributed by atoms with Crippen LogP contribution in [-0.4, -0.2) is 18.2 Å². The molecule has 110 valence electrons. The van der Waals surface area contributed by atoms with Gasteiger partial charge in [-0.1, -0.05) is 42.5 Å². The molecule has 0 aliphatic carbocycles. The monoisotopic (exact) mass is 285 g/mol. The van der Waals surface area contributed by atoms with Gasteiger partial charge in [0.1, 0.15) is 0 Å². The molecule has 0 aliphatic heterocycles. The lowest BCUT2D eigenvalue weighted by Crippen LogP contribution is -2.08. The van der Waals surface area contributed by atoms with Gasteiger partial charge in [0.2, 0.25) is 0 Å². The first kappa shape index (κ1) is 15.1. The van der Waals surface area contributed by atoms with Gasteiger partial charge >= 0.3 is 5.97 Å². The van der Waals surface area contributed by atoms with Crippen LogP contribution in [0, 0.1) is 0 Å². The van der Waals surface area contributed by atoms with E-state index >= 15 is 0 Å². The summed E-state index contributed by atoms with van der Waals surface area (Å²) >= 11 is 0. The predicted molar refractivity (Wildman–Crippen MR) is 82.3 cm³/mol. The average Bonchev–Trinajstić information content (AvgIpc) is 2.47. The third-order valence-corrected chi connectivity index (χ3v) is 3.25. The summed E-state index contributed by atoms with van der Waals surface area (Å²) < 4.78 is 5.18. The third-order valence-electron chi connectivity index (χ3n) is 3.25. The Labute approximate surface area is 124 Å². The van der Waals surface area contributed by atoms with Gasteiger partial charge < -0.3 is 15.2 Å². The van der Waals surface area contributed by atoms with Crippen molar-refractivity contribution in [3.05, 3.63) is 65.2 Å². The van der Waals surface area contributed by atoms with Gasteiger partial charge in [-0.2, -0.15) is 0 Å². The van der Waals surface area contributed by atoms with E-state index in [-0.39, 0.29) is 6.42 Å². The lowest BCUT2D eigenvalue weighted by Gasteiger charge is -2.13. The second kappa shape index (κ2) is 7.45. The number of hydrogen-bond donors (Lipinski definition) is 2. The van der Waals surface area contributed by atoms with E-state index in [1.807, 2.05) is 48.5 Å². The van der Waals surface area contributed by atoms with Crippen molar-refractivity contribution in [3.63, 3.8) is 0 Å². The Morgan fingerprint density at radius 2 is 1.67 bits per heavy atom. The molecule has 2 rings (SSSR count). The van der Waals surface area contributed by atoms with E-state index in [1.54, 1.807) is 7.11 Å². The first-order valence-electron chi connectivity index (χ1n) is 6.80. The highest BCUT2D eigenvalue weighted by Gasteiger charge is 2.07. The molecule has 0 saturated carbocycles. The number of carboxylic acids is 1. The number of hydrogen-bond acceptors (Lipinski definition) is 3. The molecule has 0 aliphatic rings. The van der Waals surface area contributed by atoms with Gasteiger partial charge in [0.05, 0.1) is 13.0 Å². The lowest BCUT2D eigenvalue weighted by molar-refractivity contribution is -0.136. The minimum Gasteiger partial charge on any atom is -0.481 e. The smallest absolute Gasteiger partial charge is 0.307 e. The van der Waals surface area contributed by atoms with Gasteiger partial charge in [0.25, 0.3) is 0 Å². The van der Waals surface area contributed by atoms with Crippen molar-refractivity contribution in [1.29, 1.82) is 0 Å². The molecule has 0 saturated heterocycles. The van der Waals surface area contributed by atoms with Crippen molar-refractivity contribution in [2.75, 3.05) is 12.4 Å². The van der Waals surface area contributed by atoms with Crippen LogP contribution in [0.5, 0.6) is 0 Å². The summed E-state index contributed by atoms with van der Waals surface area (Å²) in [6.07, 6.45) is 0.0393. The molecule has 0 heterocycles. The van der Waals surface area contributed by atoms with Gasteiger partial charge in [-0.05, 0) is 17.2 Å². The number of methoxy groups -OCH3 is 1. The van der Waals surface area contributed by atoms with Crippen molar-refractivity contribution >= 4 is 11.7 Å². The highest BCUT2D eigenvalue weighted by Crippen LogP contribution is 2.18. The number of carbonyl (C=O) groups is 1. The minimum atomic E-state index is -0.817. The number of benzene rings is 2. The number of rotatable bonds is 7. The van der Waals surface area contributed by atoms with E-state index in [0.717, 1.165) is 22.4 Å². The highest BCUT2D eigenvalue weighted by molar-refractivity contribution is 5.70. The summed E-state index contributed by atoms with van der Waals surface area (Å²) in [6.45, 7) is 1.13. The van der Waals surface area contributed by atoms with Crippen LogP contribution < -0.4 is 5.32 Å². The summed E-state index contributed by atoms with van der Waals surface area (Å²) in [4.78, 5) is 10.9. The van der Waals surface area contributed by atoms with Crippen LogP contribution in [0.15, 0.2) is 48.5 Å². The second-order valence-corrected chi connectivity index (χ2v) is 4.78. The number of anilines is 1. The van der Waals surface area contributed by atoms with Crippen LogP contribution in [0.2, 0.25) is 0 Å².